The second-order valence-corrected chi connectivity index (χ2v) is 5.34. The molecule has 3 heteroatoms. The Labute approximate surface area is 99.3 Å². The molecule has 2 atom stereocenters. The first-order valence-electron chi connectivity index (χ1n) is 6.82. The molecule has 2 N–H and O–H groups in total. The number of piperidine rings is 1. The normalized spacial score (nSPS) is 30.8. The molecular weight excluding hydrogens is 200 g/mol. The van der Waals surface area contributed by atoms with E-state index in [0.29, 0.717) is 12.1 Å². The number of methoxy groups -OCH3 is 1. The van der Waals surface area contributed by atoms with Gasteiger partial charge in [-0.3, -0.25) is 4.90 Å². The van der Waals surface area contributed by atoms with Crippen molar-refractivity contribution in [3.8, 4) is 0 Å². The predicted molar refractivity (Wildman–Crippen MR) is 66.4 cm³/mol. The van der Waals surface area contributed by atoms with Crippen LogP contribution in [0.15, 0.2) is 0 Å². The third kappa shape index (κ3) is 2.76. The summed E-state index contributed by atoms with van der Waals surface area (Å²) in [5.74, 6) is 0.848. The maximum Gasteiger partial charge on any atom is 0.0698 e. The van der Waals surface area contributed by atoms with Gasteiger partial charge in [-0.1, -0.05) is 12.8 Å². The lowest BCUT2D eigenvalue weighted by Gasteiger charge is -2.40. The molecule has 0 spiro atoms. The van der Waals surface area contributed by atoms with Crippen molar-refractivity contribution in [2.75, 3.05) is 26.7 Å². The van der Waals surface area contributed by atoms with Crippen molar-refractivity contribution in [1.82, 2.24) is 4.90 Å². The fourth-order valence-corrected chi connectivity index (χ4v) is 3.44. The summed E-state index contributed by atoms with van der Waals surface area (Å²) in [5.41, 5.74) is 5.99. The fourth-order valence-electron chi connectivity index (χ4n) is 3.44. The number of likely N-dealkylation sites (tertiary alicyclic amines) is 1. The van der Waals surface area contributed by atoms with Crippen LogP contribution in [0.3, 0.4) is 0 Å². The zero-order valence-electron chi connectivity index (χ0n) is 10.5. The molecule has 0 amide bonds. The van der Waals surface area contributed by atoms with Crippen molar-refractivity contribution >= 4 is 0 Å². The van der Waals surface area contributed by atoms with E-state index in [2.05, 4.69) is 4.90 Å². The molecule has 3 nitrogen and oxygen atoms in total. The third-order valence-electron chi connectivity index (χ3n) is 4.40. The first-order chi connectivity index (χ1) is 7.85. The van der Waals surface area contributed by atoms with Crippen molar-refractivity contribution in [3.63, 3.8) is 0 Å². The van der Waals surface area contributed by atoms with Crippen LogP contribution in [0.2, 0.25) is 0 Å². The summed E-state index contributed by atoms with van der Waals surface area (Å²) in [4.78, 5) is 2.59. The van der Waals surface area contributed by atoms with Gasteiger partial charge in [-0.25, -0.2) is 0 Å². The minimum absolute atomic E-state index is 0.434. The molecule has 94 valence electrons. The summed E-state index contributed by atoms with van der Waals surface area (Å²) in [6.07, 6.45) is 8.50. The Morgan fingerprint density at radius 1 is 1.25 bits per heavy atom. The summed E-state index contributed by atoms with van der Waals surface area (Å²) >= 11 is 0. The zero-order chi connectivity index (χ0) is 11.4. The largest absolute Gasteiger partial charge is 0.380 e. The van der Waals surface area contributed by atoms with Gasteiger partial charge in [-0.05, 0) is 38.1 Å². The lowest BCUT2D eigenvalue weighted by molar-refractivity contribution is 0.00512. The molecule has 2 fully saturated rings. The van der Waals surface area contributed by atoms with Crippen molar-refractivity contribution in [2.45, 2.75) is 50.7 Å². The molecule has 0 bridgehead atoms. The first kappa shape index (κ1) is 12.3. The Morgan fingerprint density at radius 2 is 2.00 bits per heavy atom. The fraction of sp³-hybridized carbons (Fsp3) is 1.00. The monoisotopic (exact) mass is 226 g/mol. The SMILES string of the molecule is COC1CCCN(C(CN)C2CCCC2)C1. The molecule has 0 aromatic carbocycles. The van der Waals surface area contributed by atoms with Crippen LogP contribution in [0.4, 0.5) is 0 Å². The Morgan fingerprint density at radius 3 is 2.62 bits per heavy atom. The van der Waals surface area contributed by atoms with Crippen LogP contribution in [0, 0.1) is 5.92 Å². The Kier molecular flexibility index (Phi) is 4.62. The Hall–Kier alpha value is -0.120. The maximum absolute atomic E-state index is 5.99. The lowest BCUT2D eigenvalue weighted by Crippen LogP contribution is -2.51. The topological polar surface area (TPSA) is 38.5 Å². The average Bonchev–Trinajstić information content (AvgIpc) is 2.84. The van der Waals surface area contributed by atoms with Gasteiger partial charge in [0.25, 0.3) is 0 Å². The molecule has 2 rings (SSSR count). The molecular formula is C13H26N2O. The summed E-state index contributed by atoms with van der Waals surface area (Å²) in [6.45, 7) is 3.13. The van der Waals surface area contributed by atoms with E-state index in [9.17, 15) is 0 Å². The number of nitrogens with two attached hydrogens (primary N) is 1. The van der Waals surface area contributed by atoms with Gasteiger partial charge in [0.1, 0.15) is 0 Å². The second kappa shape index (κ2) is 5.99. The van der Waals surface area contributed by atoms with E-state index < -0.39 is 0 Å². The molecule has 1 saturated heterocycles. The minimum Gasteiger partial charge on any atom is -0.380 e. The molecule has 0 aromatic heterocycles. The van der Waals surface area contributed by atoms with Crippen molar-refractivity contribution in [3.05, 3.63) is 0 Å². The van der Waals surface area contributed by atoms with E-state index in [4.69, 9.17) is 10.5 Å². The van der Waals surface area contributed by atoms with Gasteiger partial charge >= 0.3 is 0 Å². The number of nitrogens with zero attached hydrogens (tertiary/aromatic N) is 1. The Bertz CT molecular complexity index is 204. The standard InChI is InChI=1S/C13H26N2O/c1-16-12-7-4-8-15(10-12)13(9-14)11-5-2-3-6-11/h11-13H,2-10,14H2,1H3. The van der Waals surface area contributed by atoms with Gasteiger partial charge < -0.3 is 10.5 Å². The number of ether oxygens (including phenoxy) is 1. The van der Waals surface area contributed by atoms with Gasteiger partial charge in [0.15, 0.2) is 0 Å². The zero-order valence-corrected chi connectivity index (χ0v) is 10.5. The number of rotatable bonds is 4. The van der Waals surface area contributed by atoms with Crippen LogP contribution < -0.4 is 5.73 Å². The molecule has 0 aromatic rings. The highest BCUT2D eigenvalue weighted by Gasteiger charge is 2.31. The lowest BCUT2D eigenvalue weighted by atomic mass is 9.94. The van der Waals surface area contributed by atoms with Gasteiger partial charge in [0, 0.05) is 26.2 Å². The first-order valence-corrected chi connectivity index (χ1v) is 6.82. The summed E-state index contributed by atoms with van der Waals surface area (Å²) in [6, 6.07) is 0.612. The van der Waals surface area contributed by atoms with Crippen LogP contribution in [0.25, 0.3) is 0 Å². The van der Waals surface area contributed by atoms with Crippen molar-refractivity contribution in [1.29, 1.82) is 0 Å². The highest BCUT2D eigenvalue weighted by atomic mass is 16.5. The quantitative estimate of drug-likeness (QED) is 0.791. The van der Waals surface area contributed by atoms with E-state index in [0.717, 1.165) is 19.0 Å². The van der Waals surface area contributed by atoms with Crippen LogP contribution in [-0.2, 0) is 4.74 Å². The second-order valence-electron chi connectivity index (χ2n) is 5.34. The van der Waals surface area contributed by atoms with E-state index in [1.54, 1.807) is 0 Å². The highest BCUT2D eigenvalue weighted by Crippen LogP contribution is 2.31. The van der Waals surface area contributed by atoms with Crippen LogP contribution in [0.5, 0.6) is 0 Å². The molecule has 1 saturated carbocycles. The molecule has 2 unspecified atom stereocenters. The summed E-state index contributed by atoms with van der Waals surface area (Å²) < 4.78 is 5.50. The van der Waals surface area contributed by atoms with Crippen LogP contribution in [-0.4, -0.2) is 43.8 Å². The molecule has 1 aliphatic carbocycles. The number of hydrogen-bond donors (Lipinski definition) is 1. The Balaban J connectivity index is 1.91. The van der Waals surface area contributed by atoms with Crippen molar-refractivity contribution < 1.29 is 4.74 Å². The number of hydrogen-bond acceptors (Lipinski definition) is 3. The van der Waals surface area contributed by atoms with Crippen LogP contribution in [0.1, 0.15) is 38.5 Å². The average molecular weight is 226 g/mol. The van der Waals surface area contributed by atoms with Crippen molar-refractivity contribution in [2.24, 2.45) is 11.7 Å². The predicted octanol–water partition coefficient (Wildman–Crippen LogP) is 1.61. The molecule has 16 heavy (non-hydrogen) atoms. The van der Waals surface area contributed by atoms with E-state index in [1.165, 1.54) is 45.1 Å². The smallest absolute Gasteiger partial charge is 0.0698 e. The van der Waals surface area contributed by atoms with Crippen LogP contribution >= 0.6 is 0 Å². The van der Waals surface area contributed by atoms with E-state index in [-0.39, 0.29) is 0 Å². The maximum atomic E-state index is 5.99. The summed E-state index contributed by atoms with van der Waals surface area (Å²) in [5, 5.41) is 0. The molecule has 1 aliphatic heterocycles. The minimum atomic E-state index is 0.434. The van der Waals surface area contributed by atoms with Gasteiger partial charge in [0.05, 0.1) is 6.10 Å². The van der Waals surface area contributed by atoms with E-state index >= 15 is 0 Å². The van der Waals surface area contributed by atoms with Gasteiger partial charge in [-0.15, -0.1) is 0 Å². The van der Waals surface area contributed by atoms with E-state index in [1.807, 2.05) is 7.11 Å². The van der Waals surface area contributed by atoms with Gasteiger partial charge in [-0.2, -0.15) is 0 Å². The summed E-state index contributed by atoms with van der Waals surface area (Å²) in [7, 11) is 1.83. The highest BCUT2D eigenvalue weighted by molar-refractivity contribution is 4.87. The molecule has 2 aliphatic rings. The molecule has 1 heterocycles. The third-order valence-corrected chi connectivity index (χ3v) is 4.40. The van der Waals surface area contributed by atoms with Gasteiger partial charge in [0.2, 0.25) is 0 Å². The molecule has 0 radical (unpaired) electrons.